The van der Waals surface area contributed by atoms with Crippen LogP contribution in [0.4, 0.5) is 8.78 Å². The molecule has 26 heavy (non-hydrogen) atoms. The van der Waals surface area contributed by atoms with Gasteiger partial charge in [0.2, 0.25) is 5.88 Å². The highest BCUT2D eigenvalue weighted by molar-refractivity contribution is 5.94. The first-order chi connectivity index (χ1) is 12.4. The summed E-state index contributed by atoms with van der Waals surface area (Å²) in [4.78, 5) is 20.6. The lowest BCUT2D eigenvalue weighted by Crippen LogP contribution is -2.09. The first kappa shape index (κ1) is 17.7. The van der Waals surface area contributed by atoms with Gasteiger partial charge < -0.3 is 9.47 Å². The van der Waals surface area contributed by atoms with E-state index in [1.807, 2.05) is 13.8 Å². The molecule has 0 fully saturated rings. The Bertz CT molecular complexity index is 990. The van der Waals surface area contributed by atoms with Gasteiger partial charge in [0.15, 0.2) is 11.6 Å². The van der Waals surface area contributed by atoms with E-state index in [0.29, 0.717) is 22.2 Å². The molecule has 7 heteroatoms. The van der Waals surface area contributed by atoms with Crippen LogP contribution >= 0.6 is 0 Å². The van der Waals surface area contributed by atoms with Crippen LogP contribution in [0.15, 0.2) is 36.4 Å². The molecule has 1 aromatic heterocycles. The zero-order chi connectivity index (χ0) is 18.8. The maximum absolute atomic E-state index is 13.7. The molecule has 0 saturated carbocycles. The van der Waals surface area contributed by atoms with Crippen LogP contribution < -0.4 is 4.74 Å². The number of carbonyl (C=O) groups excluding carboxylic acids is 1. The molecule has 134 valence electrons. The van der Waals surface area contributed by atoms with Crippen LogP contribution in [0.25, 0.3) is 22.3 Å². The fourth-order valence-electron chi connectivity index (χ4n) is 2.42. The first-order valence-electron chi connectivity index (χ1n) is 7.91. The van der Waals surface area contributed by atoms with Crippen LogP contribution in [0.1, 0.15) is 24.2 Å². The number of hydrogen-bond donors (Lipinski definition) is 0. The Balaban J connectivity index is 2.22. The molecular formula is C19H16F2N2O3. The first-order valence-corrected chi connectivity index (χ1v) is 7.91. The van der Waals surface area contributed by atoms with Crippen molar-refractivity contribution >= 4 is 17.0 Å². The highest BCUT2D eigenvalue weighted by atomic mass is 19.2. The Labute approximate surface area is 148 Å². The fourth-order valence-corrected chi connectivity index (χ4v) is 2.42. The van der Waals surface area contributed by atoms with E-state index in [0.717, 1.165) is 12.1 Å². The maximum Gasteiger partial charge on any atom is 0.337 e. The Morgan fingerprint density at radius 3 is 2.42 bits per heavy atom. The third kappa shape index (κ3) is 3.46. The van der Waals surface area contributed by atoms with Gasteiger partial charge in [0.25, 0.3) is 0 Å². The van der Waals surface area contributed by atoms with Crippen molar-refractivity contribution in [2.75, 3.05) is 7.11 Å². The molecule has 0 N–H and O–H groups in total. The molecule has 0 saturated heterocycles. The molecule has 2 aromatic carbocycles. The molecule has 0 spiro atoms. The quantitative estimate of drug-likeness (QED) is 0.656. The highest BCUT2D eigenvalue weighted by Gasteiger charge is 2.17. The van der Waals surface area contributed by atoms with Gasteiger partial charge >= 0.3 is 5.97 Å². The second kappa shape index (κ2) is 7.03. The van der Waals surface area contributed by atoms with Crippen LogP contribution in [-0.2, 0) is 4.74 Å². The smallest absolute Gasteiger partial charge is 0.337 e. The van der Waals surface area contributed by atoms with Crippen LogP contribution in [0.3, 0.4) is 0 Å². The molecule has 3 rings (SSSR count). The van der Waals surface area contributed by atoms with Gasteiger partial charge in [-0.1, -0.05) is 0 Å². The van der Waals surface area contributed by atoms with Crippen molar-refractivity contribution in [3.63, 3.8) is 0 Å². The molecule has 0 radical (unpaired) electrons. The largest absolute Gasteiger partial charge is 0.473 e. The summed E-state index contributed by atoms with van der Waals surface area (Å²) in [6.07, 6.45) is -0.194. The second-order valence-corrected chi connectivity index (χ2v) is 5.87. The number of esters is 1. The predicted octanol–water partition coefficient (Wildman–Crippen LogP) is 4.15. The summed E-state index contributed by atoms with van der Waals surface area (Å²) < 4.78 is 37.3. The zero-order valence-corrected chi connectivity index (χ0v) is 14.4. The summed E-state index contributed by atoms with van der Waals surface area (Å²) in [6, 6.07) is 8.15. The van der Waals surface area contributed by atoms with Crippen LogP contribution in [0.2, 0.25) is 0 Å². The molecule has 0 atom stereocenters. The van der Waals surface area contributed by atoms with Crippen molar-refractivity contribution in [3.05, 3.63) is 53.6 Å². The summed E-state index contributed by atoms with van der Waals surface area (Å²) in [5.41, 5.74) is 1.79. The monoisotopic (exact) mass is 358 g/mol. The van der Waals surface area contributed by atoms with Gasteiger partial charge in [-0.05, 0) is 50.2 Å². The van der Waals surface area contributed by atoms with Crippen molar-refractivity contribution in [2.45, 2.75) is 20.0 Å². The number of rotatable bonds is 4. The Hall–Kier alpha value is -3.09. The molecule has 0 amide bonds. The molecular weight excluding hydrogens is 342 g/mol. The topological polar surface area (TPSA) is 61.3 Å². The minimum atomic E-state index is -0.997. The Kier molecular flexibility index (Phi) is 4.79. The van der Waals surface area contributed by atoms with Crippen LogP contribution in [-0.4, -0.2) is 29.2 Å². The Morgan fingerprint density at radius 2 is 1.77 bits per heavy atom. The number of methoxy groups -OCH3 is 1. The summed E-state index contributed by atoms with van der Waals surface area (Å²) in [5, 5.41) is 0. The number of aromatic nitrogens is 2. The molecule has 0 aliphatic carbocycles. The third-order valence-corrected chi connectivity index (χ3v) is 3.59. The standard InChI is InChI=1S/C19H16F2N2O3/c1-10(2)26-18-17(11-4-6-13(20)14(21)8-11)22-16-9-12(19(24)25-3)5-7-15(16)23-18/h4-10H,1-3H3. The van der Waals surface area contributed by atoms with Crippen molar-refractivity contribution < 1.29 is 23.0 Å². The highest BCUT2D eigenvalue weighted by Crippen LogP contribution is 2.30. The van der Waals surface area contributed by atoms with Crippen molar-refractivity contribution in [1.82, 2.24) is 9.97 Å². The van der Waals surface area contributed by atoms with Crippen LogP contribution in [0, 0.1) is 11.6 Å². The average molecular weight is 358 g/mol. The predicted molar refractivity (Wildman–Crippen MR) is 92.0 cm³/mol. The molecule has 0 aliphatic rings. The number of hydrogen-bond acceptors (Lipinski definition) is 5. The van der Waals surface area contributed by atoms with E-state index in [2.05, 4.69) is 9.97 Å². The van der Waals surface area contributed by atoms with E-state index in [-0.39, 0.29) is 17.7 Å². The molecule has 3 aromatic rings. The third-order valence-electron chi connectivity index (χ3n) is 3.59. The number of ether oxygens (including phenoxy) is 2. The number of fused-ring (bicyclic) bond motifs is 1. The number of benzene rings is 2. The van der Waals surface area contributed by atoms with Gasteiger partial charge in [0.1, 0.15) is 5.69 Å². The number of halogens is 2. The van der Waals surface area contributed by atoms with Crippen LogP contribution in [0.5, 0.6) is 5.88 Å². The molecule has 0 bridgehead atoms. The fraction of sp³-hybridized carbons (Fsp3) is 0.211. The number of carbonyl (C=O) groups is 1. The lowest BCUT2D eigenvalue weighted by Gasteiger charge is -2.14. The lowest BCUT2D eigenvalue weighted by atomic mass is 10.1. The van der Waals surface area contributed by atoms with E-state index in [9.17, 15) is 13.6 Å². The van der Waals surface area contributed by atoms with Crippen molar-refractivity contribution in [1.29, 1.82) is 0 Å². The molecule has 1 heterocycles. The van der Waals surface area contributed by atoms with E-state index in [1.54, 1.807) is 12.1 Å². The van der Waals surface area contributed by atoms with E-state index < -0.39 is 17.6 Å². The van der Waals surface area contributed by atoms with Gasteiger partial charge in [-0.25, -0.2) is 23.5 Å². The van der Waals surface area contributed by atoms with E-state index in [4.69, 9.17) is 9.47 Å². The summed E-state index contributed by atoms with van der Waals surface area (Å²) in [6.45, 7) is 3.64. The summed E-state index contributed by atoms with van der Waals surface area (Å²) in [5.74, 6) is -2.26. The molecule has 0 aliphatic heterocycles. The zero-order valence-electron chi connectivity index (χ0n) is 14.4. The summed E-state index contributed by atoms with van der Waals surface area (Å²) >= 11 is 0. The van der Waals surface area contributed by atoms with E-state index in [1.165, 1.54) is 19.2 Å². The van der Waals surface area contributed by atoms with Gasteiger partial charge in [-0.3, -0.25) is 0 Å². The SMILES string of the molecule is COC(=O)c1ccc2nc(OC(C)C)c(-c3ccc(F)c(F)c3)nc2c1. The number of nitrogens with zero attached hydrogens (tertiary/aromatic N) is 2. The molecule has 0 unspecified atom stereocenters. The summed E-state index contributed by atoms with van der Waals surface area (Å²) in [7, 11) is 1.28. The van der Waals surface area contributed by atoms with Gasteiger partial charge in [-0.15, -0.1) is 0 Å². The molecule has 5 nitrogen and oxygen atoms in total. The Morgan fingerprint density at radius 1 is 1.00 bits per heavy atom. The van der Waals surface area contributed by atoms with Gasteiger partial charge in [-0.2, -0.15) is 0 Å². The minimum absolute atomic E-state index is 0.194. The van der Waals surface area contributed by atoms with Gasteiger partial charge in [0, 0.05) is 5.56 Å². The lowest BCUT2D eigenvalue weighted by molar-refractivity contribution is 0.0601. The minimum Gasteiger partial charge on any atom is -0.473 e. The van der Waals surface area contributed by atoms with Crippen molar-refractivity contribution in [2.24, 2.45) is 0 Å². The van der Waals surface area contributed by atoms with Crippen molar-refractivity contribution in [3.8, 4) is 17.1 Å². The second-order valence-electron chi connectivity index (χ2n) is 5.87. The maximum atomic E-state index is 13.7. The normalized spacial score (nSPS) is 11.0. The van der Waals surface area contributed by atoms with Gasteiger partial charge in [0.05, 0.1) is 29.8 Å². The van der Waals surface area contributed by atoms with E-state index >= 15 is 0 Å². The average Bonchev–Trinajstić information content (AvgIpc) is 2.62.